The number of ketones is 2. The number of pyridine rings is 1. The highest BCUT2D eigenvalue weighted by molar-refractivity contribution is 6.26. The third kappa shape index (κ3) is 4.49. The van der Waals surface area contributed by atoms with E-state index < -0.39 is 35.0 Å². The number of benzene rings is 2. The lowest BCUT2D eigenvalue weighted by atomic mass is 9.57. The van der Waals surface area contributed by atoms with Crippen molar-refractivity contribution in [1.82, 2.24) is 10.1 Å². The van der Waals surface area contributed by atoms with Crippen LogP contribution in [0.2, 0.25) is 0 Å². The monoisotopic (exact) mass is 608 g/mol. The van der Waals surface area contributed by atoms with Crippen LogP contribution in [0.1, 0.15) is 50.8 Å². The molecule has 3 aliphatic rings. The van der Waals surface area contributed by atoms with Gasteiger partial charge in [-0.1, -0.05) is 60.7 Å². The molecule has 45 heavy (non-hydrogen) atoms. The van der Waals surface area contributed by atoms with E-state index in [1.807, 2.05) is 79.7 Å². The van der Waals surface area contributed by atoms with Crippen molar-refractivity contribution >= 4 is 23.1 Å². The summed E-state index contributed by atoms with van der Waals surface area (Å²) in [4.78, 5) is 34.8. The third-order valence-electron chi connectivity index (χ3n) is 9.01. The number of nitrogens with zero attached hydrogens (tertiary/aromatic N) is 3. The zero-order chi connectivity index (χ0) is 31.5. The fraction of sp³-hybridized carbons (Fsp3) is 0.294. The minimum Gasteiger partial charge on any atom is -0.507 e. The molecule has 230 valence electrons. The molecule has 7 rings (SSSR count). The van der Waals surface area contributed by atoms with Crippen LogP contribution < -0.4 is 20.1 Å². The molecule has 1 fully saturated rings. The maximum atomic E-state index is 14.3. The molecule has 4 N–H and O–H groups in total. The Balaban J connectivity index is 1.28. The lowest BCUT2D eigenvalue weighted by molar-refractivity contribution is -0.140. The number of hydrogen-bond acceptors (Lipinski definition) is 11. The molecular weight excluding hydrogens is 576 g/mol. The average Bonchev–Trinajstić information content (AvgIpc) is 3.48. The quantitative estimate of drug-likeness (QED) is 0.261. The van der Waals surface area contributed by atoms with Crippen LogP contribution >= 0.6 is 0 Å². The molecule has 4 aromatic rings. The Kier molecular flexibility index (Phi) is 6.94. The van der Waals surface area contributed by atoms with Crippen molar-refractivity contribution in [3.05, 3.63) is 106 Å². The smallest absolute Gasteiger partial charge is 0.265 e. The molecule has 0 amide bonds. The van der Waals surface area contributed by atoms with Crippen molar-refractivity contribution in [2.75, 3.05) is 19.0 Å². The van der Waals surface area contributed by atoms with Crippen LogP contribution in [-0.4, -0.2) is 51.6 Å². The summed E-state index contributed by atoms with van der Waals surface area (Å²) in [6, 6.07) is 17.8. The van der Waals surface area contributed by atoms with Crippen LogP contribution in [0.3, 0.4) is 0 Å². The van der Waals surface area contributed by atoms with Crippen LogP contribution in [-0.2, 0) is 24.4 Å². The number of fused-ring (bicyclic) bond motifs is 4. The number of nitrogens with two attached hydrogens (primary N) is 1. The first-order chi connectivity index (χ1) is 21.7. The summed E-state index contributed by atoms with van der Waals surface area (Å²) in [5, 5.41) is 27.8. The highest BCUT2D eigenvalue weighted by Crippen LogP contribution is 2.55. The summed E-state index contributed by atoms with van der Waals surface area (Å²) in [5.41, 5.74) is 6.60. The molecule has 0 radical (unpaired) electrons. The average molecular weight is 609 g/mol. The second kappa shape index (κ2) is 10.9. The highest BCUT2D eigenvalue weighted by atomic mass is 16.5. The molecule has 0 bridgehead atoms. The van der Waals surface area contributed by atoms with Gasteiger partial charge in [0, 0.05) is 31.1 Å². The van der Waals surface area contributed by atoms with Gasteiger partial charge in [0.1, 0.15) is 36.1 Å². The van der Waals surface area contributed by atoms with E-state index in [-0.39, 0.29) is 53.9 Å². The second-order valence-corrected chi connectivity index (χ2v) is 11.9. The normalized spacial score (nSPS) is 23.5. The molecule has 3 aliphatic carbocycles. The van der Waals surface area contributed by atoms with Gasteiger partial charge in [0.15, 0.2) is 11.4 Å². The van der Waals surface area contributed by atoms with Gasteiger partial charge in [-0.3, -0.25) is 9.59 Å². The van der Waals surface area contributed by atoms with E-state index in [1.165, 1.54) is 6.20 Å². The zero-order valence-corrected chi connectivity index (χ0v) is 24.8. The Morgan fingerprint density at radius 2 is 1.62 bits per heavy atom. The first kappa shape index (κ1) is 28.8. The Hall–Kier alpha value is -5.00. The molecule has 0 spiro atoms. The van der Waals surface area contributed by atoms with Gasteiger partial charge < -0.3 is 34.8 Å². The van der Waals surface area contributed by atoms with Gasteiger partial charge in [0.2, 0.25) is 11.6 Å². The number of aliphatic hydroxyl groups excluding tert-OH is 1. The predicted molar refractivity (Wildman–Crippen MR) is 163 cm³/mol. The summed E-state index contributed by atoms with van der Waals surface area (Å²) in [7, 11) is 3.68. The Morgan fingerprint density at radius 1 is 0.978 bits per heavy atom. The summed E-state index contributed by atoms with van der Waals surface area (Å²) in [5.74, 6) is -2.91. The van der Waals surface area contributed by atoms with Crippen molar-refractivity contribution in [3.8, 4) is 11.6 Å². The SMILES string of the molecule is CN(C)c1ncc(OCc2ccccc2)c2c1C[C@H]1C[C@H]3[C@H](N)c4onc(OCc5ccccc5)c4C(=O)[C@@]3(O)C(=O)C1=C2O. The minimum atomic E-state index is -2.55. The molecule has 2 aromatic heterocycles. The summed E-state index contributed by atoms with van der Waals surface area (Å²) in [6.45, 7) is 0.286. The molecule has 1 saturated carbocycles. The number of aromatic nitrogens is 2. The number of hydrogen-bond donors (Lipinski definition) is 3. The first-order valence-electron chi connectivity index (χ1n) is 14.7. The number of anilines is 1. The Labute approximate surface area is 258 Å². The molecule has 2 heterocycles. The highest BCUT2D eigenvalue weighted by Gasteiger charge is 2.64. The topological polar surface area (TPSA) is 161 Å². The van der Waals surface area contributed by atoms with Crippen molar-refractivity contribution < 1.29 is 33.8 Å². The van der Waals surface area contributed by atoms with Crippen LogP contribution in [0.25, 0.3) is 5.76 Å². The second-order valence-electron chi connectivity index (χ2n) is 11.9. The van der Waals surface area contributed by atoms with Crippen LogP contribution in [0.5, 0.6) is 11.6 Å². The van der Waals surface area contributed by atoms with E-state index in [1.54, 1.807) is 0 Å². The third-order valence-corrected chi connectivity index (χ3v) is 9.01. The number of Topliss-reactive ketones (excluding diaryl/α,β-unsaturated/α-hetero) is 2. The number of carbonyl (C=O) groups is 2. The maximum Gasteiger partial charge on any atom is 0.265 e. The van der Waals surface area contributed by atoms with E-state index in [0.29, 0.717) is 23.4 Å². The molecule has 0 aliphatic heterocycles. The van der Waals surface area contributed by atoms with Crippen LogP contribution in [0.15, 0.2) is 77.0 Å². The van der Waals surface area contributed by atoms with Gasteiger partial charge in [0.25, 0.3) is 5.88 Å². The summed E-state index contributed by atoms with van der Waals surface area (Å²) >= 11 is 0. The molecule has 11 nitrogen and oxygen atoms in total. The maximum absolute atomic E-state index is 14.3. The van der Waals surface area contributed by atoms with Gasteiger partial charge in [0.05, 0.1) is 17.8 Å². The van der Waals surface area contributed by atoms with Crippen LogP contribution in [0.4, 0.5) is 5.82 Å². The number of rotatable bonds is 7. The van der Waals surface area contributed by atoms with Crippen molar-refractivity contribution in [2.45, 2.75) is 37.7 Å². The fourth-order valence-electron chi connectivity index (χ4n) is 6.83. The van der Waals surface area contributed by atoms with E-state index >= 15 is 0 Å². The number of aliphatic hydroxyl groups is 2. The molecule has 0 unspecified atom stereocenters. The van der Waals surface area contributed by atoms with Crippen molar-refractivity contribution in [1.29, 1.82) is 0 Å². The summed E-state index contributed by atoms with van der Waals surface area (Å²) < 4.78 is 17.4. The standard InChI is InChI=1S/C34H32N4O7/c1-38(2)32-21-13-20-14-22-27(35)29-26(33(37-45-29)44-17-19-11-7-4-8-12-19)31(41)34(22,42)30(40)24(20)28(39)25(21)23(15-36-32)43-16-18-9-5-3-6-10-18/h3-12,15,20,22,27,39,42H,13-14,16-17,35H2,1-2H3/t20-,22-,27-,34-/m0/s1. The van der Waals surface area contributed by atoms with Crippen molar-refractivity contribution in [3.63, 3.8) is 0 Å². The van der Waals surface area contributed by atoms with E-state index in [4.69, 9.17) is 19.7 Å². The van der Waals surface area contributed by atoms with Crippen LogP contribution in [0, 0.1) is 11.8 Å². The van der Waals surface area contributed by atoms with Gasteiger partial charge in [-0.25, -0.2) is 4.98 Å². The van der Waals surface area contributed by atoms with Gasteiger partial charge >= 0.3 is 0 Å². The predicted octanol–water partition coefficient (Wildman–Crippen LogP) is 3.95. The van der Waals surface area contributed by atoms with E-state index in [0.717, 1.165) is 11.1 Å². The fourth-order valence-corrected chi connectivity index (χ4v) is 6.83. The molecule has 2 aromatic carbocycles. The molecule has 11 heteroatoms. The number of carbonyl (C=O) groups excluding carboxylic acids is 2. The Bertz CT molecular complexity index is 1840. The van der Waals surface area contributed by atoms with Crippen molar-refractivity contribution in [2.24, 2.45) is 17.6 Å². The lowest BCUT2D eigenvalue weighted by Crippen LogP contribution is -2.63. The molecule has 4 atom stereocenters. The largest absolute Gasteiger partial charge is 0.507 e. The zero-order valence-electron chi connectivity index (χ0n) is 24.8. The molecular formula is C34H32N4O7. The van der Waals surface area contributed by atoms with Gasteiger partial charge in [-0.2, -0.15) is 0 Å². The first-order valence-corrected chi connectivity index (χ1v) is 14.7. The number of ether oxygens (including phenoxy) is 2. The van der Waals surface area contributed by atoms with E-state index in [9.17, 15) is 19.8 Å². The van der Waals surface area contributed by atoms with E-state index in [2.05, 4.69) is 10.1 Å². The summed E-state index contributed by atoms with van der Waals surface area (Å²) in [6.07, 6.45) is 1.96. The van der Waals surface area contributed by atoms with Gasteiger partial charge in [-0.15, -0.1) is 0 Å². The van der Waals surface area contributed by atoms with Gasteiger partial charge in [-0.05, 0) is 35.0 Å². The Morgan fingerprint density at radius 3 is 2.27 bits per heavy atom. The lowest BCUT2D eigenvalue weighted by Gasteiger charge is -2.47. The molecule has 0 saturated heterocycles. The minimum absolute atomic E-state index is 0.0334.